The molecule has 3 nitrogen and oxygen atoms in total. The van der Waals surface area contributed by atoms with E-state index >= 15 is 0 Å². The second-order valence-electron chi connectivity index (χ2n) is 3.25. The van der Waals surface area contributed by atoms with Gasteiger partial charge in [0.2, 0.25) is 0 Å². The van der Waals surface area contributed by atoms with Gasteiger partial charge in [0.15, 0.2) is 0 Å². The lowest BCUT2D eigenvalue weighted by Crippen LogP contribution is -2.35. The first kappa shape index (κ1) is 12.0. The molecular formula is C11H14BrNO2. The highest BCUT2D eigenvalue weighted by Gasteiger charge is 2.13. The number of carbonyl (C=O) groups excluding carboxylic acids is 1. The van der Waals surface area contributed by atoms with E-state index in [0.29, 0.717) is 10.9 Å². The highest BCUT2D eigenvalue weighted by atomic mass is 79.9. The summed E-state index contributed by atoms with van der Waals surface area (Å²) >= 11 is 3.32. The van der Waals surface area contributed by atoms with Gasteiger partial charge < -0.3 is 10.4 Å². The molecule has 0 saturated carbocycles. The van der Waals surface area contributed by atoms with Gasteiger partial charge in [-0.2, -0.15) is 0 Å². The molecule has 1 aromatic carbocycles. The van der Waals surface area contributed by atoms with Crippen molar-refractivity contribution in [1.29, 1.82) is 0 Å². The molecule has 0 aromatic heterocycles. The summed E-state index contributed by atoms with van der Waals surface area (Å²) in [6.07, 6.45) is 0.852. The number of benzene rings is 1. The van der Waals surface area contributed by atoms with Crippen molar-refractivity contribution in [2.24, 2.45) is 0 Å². The van der Waals surface area contributed by atoms with Gasteiger partial charge in [0.25, 0.3) is 5.91 Å². The van der Waals surface area contributed by atoms with E-state index in [0.717, 1.165) is 6.42 Å². The van der Waals surface area contributed by atoms with Gasteiger partial charge in [-0.15, -0.1) is 0 Å². The van der Waals surface area contributed by atoms with Gasteiger partial charge in [0.05, 0.1) is 5.56 Å². The maximum Gasteiger partial charge on any atom is 0.255 e. The summed E-state index contributed by atoms with van der Waals surface area (Å²) in [7, 11) is 0. The van der Waals surface area contributed by atoms with Crippen molar-refractivity contribution in [2.75, 3.05) is 5.33 Å². The van der Waals surface area contributed by atoms with Gasteiger partial charge in [0, 0.05) is 11.4 Å². The van der Waals surface area contributed by atoms with Crippen molar-refractivity contribution in [3.8, 4) is 5.75 Å². The second-order valence-corrected chi connectivity index (χ2v) is 3.90. The Morgan fingerprint density at radius 3 is 2.73 bits per heavy atom. The van der Waals surface area contributed by atoms with E-state index in [-0.39, 0.29) is 17.7 Å². The largest absolute Gasteiger partial charge is 0.507 e. The monoisotopic (exact) mass is 271 g/mol. The van der Waals surface area contributed by atoms with E-state index in [1.807, 2.05) is 6.92 Å². The van der Waals surface area contributed by atoms with Gasteiger partial charge in [-0.3, -0.25) is 4.79 Å². The molecule has 0 aliphatic carbocycles. The van der Waals surface area contributed by atoms with Crippen LogP contribution >= 0.6 is 15.9 Å². The molecule has 0 heterocycles. The van der Waals surface area contributed by atoms with Crippen LogP contribution in [0.2, 0.25) is 0 Å². The zero-order valence-corrected chi connectivity index (χ0v) is 10.1. The number of hydrogen-bond donors (Lipinski definition) is 2. The number of rotatable bonds is 4. The predicted octanol–water partition coefficient (Wildman–Crippen LogP) is 2.30. The number of para-hydroxylation sites is 1. The van der Waals surface area contributed by atoms with Crippen LogP contribution in [-0.4, -0.2) is 22.4 Å². The Hall–Kier alpha value is -1.03. The van der Waals surface area contributed by atoms with Crippen LogP contribution in [0.3, 0.4) is 0 Å². The molecule has 15 heavy (non-hydrogen) atoms. The molecule has 0 aliphatic heterocycles. The summed E-state index contributed by atoms with van der Waals surface area (Å²) in [5.74, 6) is -0.223. The third-order valence-corrected chi connectivity index (χ3v) is 2.94. The minimum absolute atomic E-state index is 0.0134. The molecule has 1 unspecified atom stereocenters. The fourth-order valence-electron chi connectivity index (χ4n) is 1.18. The first-order chi connectivity index (χ1) is 7.19. The molecule has 0 fully saturated rings. The molecule has 2 N–H and O–H groups in total. The zero-order chi connectivity index (χ0) is 11.3. The van der Waals surface area contributed by atoms with Crippen LogP contribution in [0.4, 0.5) is 0 Å². The molecular weight excluding hydrogens is 258 g/mol. The molecule has 0 bridgehead atoms. The molecule has 1 amide bonds. The van der Waals surface area contributed by atoms with Crippen LogP contribution < -0.4 is 5.32 Å². The average Bonchev–Trinajstić information content (AvgIpc) is 2.26. The highest BCUT2D eigenvalue weighted by Crippen LogP contribution is 2.15. The number of alkyl halides is 1. The average molecular weight is 272 g/mol. The molecule has 0 saturated heterocycles. The summed E-state index contributed by atoms with van der Waals surface area (Å²) in [6, 6.07) is 6.62. The number of phenols is 1. The molecule has 0 aliphatic rings. The van der Waals surface area contributed by atoms with Crippen LogP contribution in [0.5, 0.6) is 5.75 Å². The molecule has 1 aromatic rings. The van der Waals surface area contributed by atoms with Crippen molar-refractivity contribution in [1.82, 2.24) is 5.32 Å². The summed E-state index contributed by atoms with van der Waals surface area (Å²) in [5.41, 5.74) is 0.317. The zero-order valence-electron chi connectivity index (χ0n) is 8.53. The molecule has 0 radical (unpaired) electrons. The SMILES string of the molecule is CCC(CBr)NC(=O)c1ccccc1O. The van der Waals surface area contributed by atoms with Crippen molar-refractivity contribution >= 4 is 21.8 Å². The van der Waals surface area contributed by atoms with Crippen molar-refractivity contribution in [3.63, 3.8) is 0 Å². The maximum atomic E-state index is 11.7. The van der Waals surface area contributed by atoms with Crippen LogP contribution in [0, 0.1) is 0 Å². The minimum Gasteiger partial charge on any atom is -0.507 e. The summed E-state index contributed by atoms with van der Waals surface area (Å²) in [6.45, 7) is 2.00. The smallest absolute Gasteiger partial charge is 0.255 e. The van der Waals surface area contributed by atoms with Crippen LogP contribution in [0.15, 0.2) is 24.3 Å². The lowest BCUT2D eigenvalue weighted by Gasteiger charge is -2.14. The fourth-order valence-corrected chi connectivity index (χ4v) is 1.80. The Morgan fingerprint density at radius 2 is 2.20 bits per heavy atom. The maximum absolute atomic E-state index is 11.7. The number of aromatic hydroxyl groups is 1. The molecule has 4 heteroatoms. The third-order valence-electron chi connectivity index (χ3n) is 2.16. The standard InChI is InChI=1S/C11H14BrNO2/c1-2-8(7-12)13-11(15)9-5-3-4-6-10(9)14/h3-6,8,14H,2,7H2,1H3,(H,13,15). The van der Waals surface area contributed by atoms with E-state index in [4.69, 9.17) is 0 Å². The van der Waals surface area contributed by atoms with Gasteiger partial charge in [0.1, 0.15) is 5.75 Å². The molecule has 0 spiro atoms. The molecule has 1 rings (SSSR count). The first-order valence-electron chi connectivity index (χ1n) is 4.83. The Kier molecular flexibility index (Phi) is 4.62. The van der Waals surface area contributed by atoms with Gasteiger partial charge in [-0.25, -0.2) is 0 Å². The summed E-state index contributed by atoms with van der Waals surface area (Å²) in [4.78, 5) is 11.7. The number of carbonyl (C=O) groups is 1. The summed E-state index contributed by atoms with van der Waals surface area (Å²) in [5, 5.41) is 13.0. The molecule has 1 atom stereocenters. The minimum atomic E-state index is -0.237. The highest BCUT2D eigenvalue weighted by molar-refractivity contribution is 9.09. The lowest BCUT2D eigenvalue weighted by molar-refractivity contribution is 0.0937. The van der Waals surface area contributed by atoms with Crippen LogP contribution in [-0.2, 0) is 0 Å². The summed E-state index contributed by atoms with van der Waals surface area (Å²) < 4.78 is 0. The van der Waals surface area contributed by atoms with Gasteiger partial charge in [-0.1, -0.05) is 35.0 Å². The van der Waals surface area contributed by atoms with Crippen LogP contribution in [0.1, 0.15) is 23.7 Å². The van der Waals surface area contributed by atoms with E-state index in [9.17, 15) is 9.90 Å². The lowest BCUT2D eigenvalue weighted by atomic mass is 10.1. The second kappa shape index (κ2) is 5.75. The first-order valence-corrected chi connectivity index (χ1v) is 5.96. The van der Waals surface area contributed by atoms with Crippen LogP contribution in [0.25, 0.3) is 0 Å². The predicted molar refractivity (Wildman–Crippen MR) is 63.4 cm³/mol. The quantitative estimate of drug-likeness (QED) is 0.826. The Morgan fingerprint density at radius 1 is 1.53 bits per heavy atom. The third kappa shape index (κ3) is 3.23. The number of phenolic OH excluding ortho intramolecular Hbond substituents is 1. The number of nitrogens with one attached hydrogen (secondary N) is 1. The normalized spacial score (nSPS) is 12.1. The Labute approximate surface area is 97.6 Å². The van der Waals surface area contributed by atoms with E-state index in [1.165, 1.54) is 6.07 Å². The van der Waals surface area contributed by atoms with Crippen molar-refractivity contribution in [2.45, 2.75) is 19.4 Å². The Bertz CT molecular complexity index is 337. The van der Waals surface area contributed by atoms with Gasteiger partial charge in [-0.05, 0) is 18.6 Å². The number of hydrogen-bond acceptors (Lipinski definition) is 2. The van der Waals surface area contributed by atoms with E-state index < -0.39 is 0 Å². The molecule has 82 valence electrons. The van der Waals surface area contributed by atoms with Crippen molar-refractivity contribution in [3.05, 3.63) is 29.8 Å². The topological polar surface area (TPSA) is 49.3 Å². The fraction of sp³-hybridized carbons (Fsp3) is 0.364. The number of amides is 1. The Balaban J connectivity index is 2.73. The van der Waals surface area contributed by atoms with Crippen molar-refractivity contribution < 1.29 is 9.90 Å². The van der Waals surface area contributed by atoms with E-state index in [1.54, 1.807) is 18.2 Å². The number of halogens is 1. The van der Waals surface area contributed by atoms with E-state index in [2.05, 4.69) is 21.2 Å². The van der Waals surface area contributed by atoms with Gasteiger partial charge >= 0.3 is 0 Å².